The van der Waals surface area contributed by atoms with Gasteiger partial charge in [-0.1, -0.05) is 12.1 Å². The minimum Gasteiger partial charge on any atom is -0.488 e. The van der Waals surface area contributed by atoms with Gasteiger partial charge in [0.15, 0.2) is 0 Å². The van der Waals surface area contributed by atoms with Crippen molar-refractivity contribution in [1.29, 1.82) is 0 Å². The SMILES string of the molecule is CC(C)(C)Oc1ccc([C@@H](N2CCNCC2)C(F)(F)F)cc1. The Hall–Kier alpha value is -1.27. The maximum absolute atomic E-state index is 13.5. The standard InChI is InChI=1S/C16H23F3N2O/c1-15(2,3)22-13-6-4-12(5-7-13)14(16(17,18)19)21-10-8-20-9-11-21/h4-7,14,20H,8-11H2,1-3H3/t14-/m1/s1. The van der Waals surface area contributed by atoms with Gasteiger partial charge in [-0.05, 0) is 38.5 Å². The molecule has 0 amide bonds. The van der Waals surface area contributed by atoms with Crippen LogP contribution >= 0.6 is 0 Å². The van der Waals surface area contributed by atoms with Crippen molar-refractivity contribution in [3.05, 3.63) is 29.8 Å². The van der Waals surface area contributed by atoms with Gasteiger partial charge in [-0.2, -0.15) is 13.2 Å². The van der Waals surface area contributed by atoms with Gasteiger partial charge in [-0.25, -0.2) is 0 Å². The van der Waals surface area contributed by atoms with Gasteiger partial charge in [0.2, 0.25) is 0 Å². The van der Waals surface area contributed by atoms with Crippen molar-refractivity contribution in [2.24, 2.45) is 0 Å². The molecule has 1 N–H and O–H groups in total. The van der Waals surface area contributed by atoms with Gasteiger partial charge < -0.3 is 10.1 Å². The number of nitrogens with zero attached hydrogens (tertiary/aromatic N) is 1. The van der Waals surface area contributed by atoms with E-state index in [9.17, 15) is 13.2 Å². The highest BCUT2D eigenvalue weighted by Crippen LogP contribution is 2.38. The molecule has 1 saturated heterocycles. The molecule has 1 fully saturated rings. The molecule has 124 valence electrons. The smallest absolute Gasteiger partial charge is 0.408 e. The van der Waals surface area contributed by atoms with Gasteiger partial charge in [-0.15, -0.1) is 0 Å². The van der Waals surface area contributed by atoms with E-state index in [0.29, 0.717) is 31.9 Å². The average Bonchev–Trinajstić information content (AvgIpc) is 2.39. The molecule has 0 radical (unpaired) electrons. The van der Waals surface area contributed by atoms with Gasteiger partial charge in [0.05, 0.1) is 0 Å². The summed E-state index contributed by atoms with van der Waals surface area (Å²) >= 11 is 0. The maximum Gasteiger partial charge on any atom is 0.408 e. The molecule has 1 aliphatic heterocycles. The Balaban J connectivity index is 2.20. The zero-order valence-electron chi connectivity index (χ0n) is 13.2. The lowest BCUT2D eigenvalue weighted by molar-refractivity contribution is -0.187. The van der Waals surface area contributed by atoms with E-state index in [2.05, 4.69) is 5.32 Å². The third-order valence-corrected chi connectivity index (χ3v) is 3.45. The minimum atomic E-state index is -4.29. The Morgan fingerprint density at radius 3 is 2.05 bits per heavy atom. The minimum absolute atomic E-state index is 0.260. The van der Waals surface area contributed by atoms with Gasteiger partial charge in [0.1, 0.15) is 17.4 Å². The summed E-state index contributed by atoms with van der Waals surface area (Å²) in [6.45, 7) is 7.66. The zero-order chi connectivity index (χ0) is 16.4. The third-order valence-electron chi connectivity index (χ3n) is 3.45. The highest BCUT2D eigenvalue weighted by Gasteiger charge is 2.44. The first-order valence-electron chi connectivity index (χ1n) is 7.47. The molecule has 1 atom stereocenters. The van der Waals surface area contributed by atoms with Crippen LogP contribution in [-0.4, -0.2) is 42.9 Å². The Labute approximate surface area is 129 Å². The van der Waals surface area contributed by atoms with E-state index in [1.165, 1.54) is 17.0 Å². The number of piperazine rings is 1. The van der Waals surface area contributed by atoms with Crippen LogP contribution < -0.4 is 10.1 Å². The zero-order valence-corrected chi connectivity index (χ0v) is 13.2. The summed E-state index contributed by atoms with van der Waals surface area (Å²) < 4.78 is 46.1. The Morgan fingerprint density at radius 1 is 1.05 bits per heavy atom. The fourth-order valence-electron chi connectivity index (χ4n) is 2.62. The number of rotatable bonds is 3. The number of ether oxygens (including phenoxy) is 1. The number of hydrogen-bond acceptors (Lipinski definition) is 3. The molecule has 2 rings (SSSR count). The van der Waals surface area contributed by atoms with Crippen LogP contribution in [0.3, 0.4) is 0 Å². The predicted molar refractivity (Wildman–Crippen MR) is 80.1 cm³/mol. The second-order valence-corrected chi connectivity index (χ2v) is 6.51. The molecule has 1 aromatic carbocycles. The van der Waals surface area contributed by atoms with Crippen LogP contribution in [-0.2, 0) is 0 Å². The van der Waals surface area contributed by atoms with Crippen LogP contribution in [0.4, 0.5) is 13.2 Å². The van der Waals surface area contributed by atoms with Crippen molar-refractivity contribution in [2.75, 3.05) is 26.2 Å². The normalized spacial score (nSPS) is 19.0. The summed E-state index contributed by atoms with van der Waals surface area (Å²) in [6, 6.07) is 4.70. The third kappa shape index (κ3) is 4.61. The number of alkyl halides is 3. The molecule has 0 aliphatic carbocycles. The lowest BCUT2D eigenvalue weighted by Gasteiger charge is -2.36. The molecule has 3 nitrogen and oxygen atoms in total. The fourth-order valence-corrected chi connectivity index (χ4v) is 2.62. The van der Waals surface area contributed by atoms with E-state index in [1.807, 2.05) is 20.8 Å². The van der Waals surface area contributed by atoms with Crippen molar-refractivity contribution in [2.45, 2.75) is 38.6 Å². The van der Waals surface area contributed by atoms with E-state index in [-0.39, 0.29) is 11.2 Å². The first-order chi connectivity index (χ1) is 10.2. The molecule has 1 heterocycles. The molecule has 0 unspecified atom stereocenters. The molecular weight excluding hydrogens is 293 g/mol. The van der Waals surface area contributed by atoms with Crippen molar-refractivity contribution >= 4 is 0 Å². The highest BCUT2D eigenvalue weighted by molar-refractivity contribution is 5.30. The first kappa shape index (κ1) is 17.1. The summed E-state index contributed by atoms with van der Waals surface area (Å²) in [4.78, 5) is 1.48. The lowest BCUT2D eigenvalue weighted by atomic mass is 10.0. The topological polar surface area (TPSA) is 24.5 Å². The van der Waals surface area contributed by atoms with Crippen molar-refractivity contribution < 1.29 is 17.9 Å². The Morgan fingerprint density at radius 2 is 1.59 bits per heavy atom. The van der Waals surface area contributed by atoms with Gasteiger partial charge in [0.25, 0.3) is 0 Å². The number of halogens is 3. The Bertz CT molecular complexity index is 474. The number of hydrogen-bond donors (Lipinski definition) is 1. The largest absolute Gasteiger partial charge is 0.488 e. The van der Waals surface area contributed by atoms with Crippen molar-refractivity contribution in [3.63, 3.8) is 0 Å². The molecule has 0 saturated carbocycles. The average molecular weight is 316 g/mol. The van der Waals surface area contributed by atoms with Crippen LogP contribution in [0.2, 0.25) is 0 Å². The fraction of sp³-hybridized carbons (Fsp3) is 0.625. The van der Waals surface area contributed by atoms with Crippen LogP contribution in [0, 0.1) is 0 Å². The van der Waals surface area contributed by atoms with E-state index in [0.717, 1.165) is 0 Å². The summed E-state index contributed by atoms with van der Waals surface area (Å²) in [5.74, 6) is 0.581. The van der Waals surface area contributed by atoms with E-state index in [1.54, 1.807) is 12.1 Å². The molecule has 0 spiro atoms. The van der Waals surface area contributed by atoms with Crippen molar-refractivity contribution in [3.8, 4) is 5.75 Å². The monoisotopic (exact) mass is 316 g/mol. The first-order valence-corrected chi connectivity index (χ1v) is 7.47. The second kappa shape index (κ2) is 6.46. The molecular formula is C16H23F3N2O. The van der Waals surface area contributed by atoms with Crippen LogP contribution in [0.15, 0.2) is 24.3 Å². The van der Waals surface area contributed by atoms with Gasteiger partial charge >= 0.3 is 6.18 Å². The van der Waals surface area contributed by atoms with E-state index >= 15 is 0 Å². The summed E-state index contributed by atoms with van der Waals surface area (Å²) in [6.07, 6.45) is -4.29. The van der Waals surface area contributed by atoms with Crippen LogP contribution in [0.1, 0.15) is 32.4 Å². The predicted octanol–water partition coefficient (Wildman–Crippen LogP) is 3.37. The molecule has 0 bridgehead atoms. The Kier molecular flexibility index (Phi) is 5.02. The van der Waals surface area contributed by atoms with Gasteiger partial charge in [-0.3, -0.25) is 4.90 Å². The summed E-state index contributed by atoms with van der Waals surface area (Å²) in [5.41, 5.74) is -0.112. The molecule has 22 heavy (non-hydrogen) atoms. The van der Waals surface area contributed by atoms with Gasteiger partial charge in [0, 0.05) is 26.2 Å². The quantitative estimate of drug-likeness (QED) is 0.925. The van der Waals surface area contributed by atoms with Crippen LogP contribution in [0.25, 0.3) is 0 Å². The molecule has 1 aliphatic rings. The number of nitrogens with one attached hydrogen (secondary N) is 1. The maximum atomic E-state index is 13.5. The second-order valence-electron chi connectivity index (χ2n) is 6.51. The lowest BCUT2D eigenvalue weighted by Crippen LogP contribution is -2.49. The molecule has 1 aromatic rings. The molecule has 0 aromatic heterocycles. The highest BCUT2D eigenvalue weighted by atomic mass is 19.4. The number of benzene rings is 1. The molecule has 6 heteroatoms. The summed E-state index contributed by atoms with van der Waals surface area (Å²) in [5, 5.41) is 3.08. The summed E-state index contributed by atoms with van der Waals surface area (Å²) in [7, 11) is 0. The van der Waals surface area contributed by atoms with Crippen LogP contribution in [0.5, 0.6) is 5.75 Å². The van der Waals surface area contributed by atoms with E-state index in [4.69, 9.17) is 4.74 Å². The van der Waals surface area contributed by atoms with Crippen molar-refractivity contribution in [1.82, 2.24) is 10.2 Å². The van der Waals surface area contributed by atoms with E-state index < -0.39 is 12.2 Å².